The molecular formula is C11H18ClN3O. The maximum Gasteiger partial charge on any atom is 0.120 e. The number of rotatable bonds is 2. The van der Waals surface area contributed by atoms with Gasteiger partial charge in [-0.1, -0.05) is 0 Å². The summed E-state index contributed by atoms with van der Waals surface area (Å²) in [5, 5.41) is -0.246. The summed E-state index contributed by atoms with van der Waals surface area (Å²) in [7, 11) is 2.13. The van der Waals surface area contributed by atoms with Gasteiger partial charge in [-0.3, -0.25) is 4.99 Å². The molecule has 0 aromatic rings. The maximum absolute atomic E-state index is 6.12. The Bertz CT molecular complexity index is 298. The van der Waals surface area contributed by atoms with Gasteiger partial charge in [-0.05, 0) is 19.9 Å². The van der Waals surface area contributed by atoms with Crippen LogP contribution in [0.2, 0.25) is 0 Å². The smallest absolute Gasteiger partial charge is 0.120 e. The van der Waals surface area contributed by atoms with Crippen molar-refractivity contribution in [3.8, 4) is 0 Å². The molecule has 5 heteroatoms. The highest BCUT2D eigenvalue weighted by atomic mass is 35.5. The van der Waals surface area contributed by atoms with E-state index in [-0.39, 0.29) is 17.6 Å². The topological polar surface area (TPSA) is 50.9 Å². The third kappa shape index (κ3) is 2.75. The van der Waals surface area contributed by atoms with Gasteiger partial charge in [0.05, 0.1) is 11.8 Å². The van der Waals surface area contributed by atoms with Gasteiger partial charge in [0.2, 0.25) is 0 Å². The molecule has 2 heterocycles. The lowest BCUT2D eigenvalue weighted by Gasteiger charge is -2.33. The van der Waals surface area contributed by atoms with E-state index in [1.165, 1.54) is 0 Å². The molecule has 2 rings (SSSR count). The largest absolute Gasteiger partial charge is 0.399 e. The van der Waals surface area contributed by atoms with Crippen molar-refractivity contribution >= 4 is 17.8 Å². The van der Waals surface area contributed by atoms with Crippen LogP contribution in [-0.2, 0) is 4.74 Å². The number of likely N-dealkylation sites (tertiary alicyclic amines) is 1. The lowest BCUT2D eigenvalue weighted by atomic mass is 10.1. The zero-order chi connectivity index (χ0) is 11.5. The molecule has 0 aromatic heterocycles. The van der Waals surface area contributed by atoms with Crippen molar-refractivity contribution in [2.45, 2.75) is 30.4 Å². The average molecular weight is 244 g/mol. The molecule has 0 saturated carbocycles. The van der Waals surface area contributed by atoms with E-state index in [1.807, 2.05) is 0 Å². The summed E-state index contributed by atoms with van der Waals surface area (Å²) >= 11 is 6.12. The van der Waals surface area contributed by atoms with Gasteiger partial charge in [-0.25, -0.2) is 0 Å². The molecular weight excluding hydrogens is 226 g/mol. The van der Waals surface area contributed by atoms with Crippen LogP contribution in [-0.4, -0.2) is 48.8 Å². The third-order valence-corrected chi connectivity index (χ3v) is 3.42. The molecule has 0 radical (unpaired) electrons. The zero-order valence-electron chi connectivity index (χ0n) is 9.47. The van der Waals surface area contributed by atoms with E-state index in [4.69, 9.17) is 22.1 Å². The van der Waals surface area contributed by atoms with Crippen LogP contribution in [0.15, 0.2) is 16.9 Å². The Morgan fingerprint density at radius 1 is 1.50 bits per heavy atom. The molecule has 2 unspecified atom stereocenters. The van der Waals surface area contributed by atoms with Gasteiger partial charge >= 0.3 is 0 Å². The Hall–Kier alpha value is -0.580. The van der Waals surface area contributed by atoms with Crippen LogP contribution < -0.4 is 5.73 Å². The fraction of sp³-hybridized carbons (Fsp3) is 0.727. The van der Waals surface area contributed by atoms with Crippen molar-refractivity contribution in [3.63, 3.8) is 0 Å². The number of aliphatic imine (C=N–C) groups is 1. The predicted octanol–water partition coefficient (Wildman–Crippen LogP) is 0.958. The molecule has 1 saturated heterocycles. The summed E-state index contributed by atoms with van der Waals surface area (Å²) < 4.78 is 5.96. The predicted molar refractivity (Wildman–Crippen MR) is 65.8 cm³/mol. The molecule has 90 valence electrons. The molecule has 0 amide bonds. The first-order valence-electron chi connectivity index (χ1n) is 5.63. The summed E-state index contributed by atoms with van der Waals surface area (Å²) in [5.41, 5.74) is 6.47. The summed E-state index contributed by atoms with van der Waals surface area (Å²) in [6.07, 6.45) is 5.44. The van der Waals surface area contributed by atoms with Crippen molar-refractivity contribution in [2.75, 3.05) is 20.1 Å². The second-order valence-electron chi connectivity index (χ2n) is 4.43. The number of nitrogens with two attached hydrogens (primary N) is 1. The van der Waals surface area contributed by atoms with Crippen molar-refractivity contribution in [1.29, 1.82) is 0 Å². The quantitative estimate of drug-likeness (QED) is 0.735. The number of hydrogen-bond acceptors (Lipinski definition) is 4. The van der Waals surface area contributed by atoms with Crippen molar-refractivity contribution in [1.82, 2.24) is 4.90 Å². The van der Waals surface area contributed by atoms with Crippen LogP contribution in [0, 0.1) is 0 Å². The standard InChI is InChI=1S/C11H18ClN3O/c1-15-4-2-8(3-5-15)16-11-9(12)6-14-7-10(11)13/h6-9,11H,2-5,13H2,1H3. The number of nitrogens with zero attached hydrogens (tertiary/aromatic N) is 2. The van der Waals surface area contributed by atoms with Gasteiger partial charge in [-0.15, -0.1) is 11.6 Å². The normalized spacial score (nSPS) is 32.8. The first kappa shape index (κ1) is 11.9. The van der Waals surface area contributed by atoms with E-state index in [2.05, 4.69) is 16.9 Å². The highest BCUT2D eigenvalue weighted by molar-refractivity contribution is 6.29. The number of ether oxygens (including phenoxy) is 1. The van der Waals surface area contributed by atoms with Crippen LogP contribution in [0.5, 0.6) is 0 Å². The number of halogens is 1. The van der Waals surface area contributed by atoms with E-state index in [9.17, 15) is 0 Å². The van der Waals surface area contributed by atoms with Crippen LogP contribution in [0.25, 0.3) is 0 Å². The van der Waals surface area contributed by atoms with Crippen LogP contribution in [0.1, 0.15) is 12.8 Å². The van der Waals surface area contributed by atoms with Gasteiger partial charge < -0.3 is 15.4 Å². The highest BCUT2D eigenvalue weighted by Crippen LogP contribution is 2.21. The molecule has 0 bridgehead atoms. The van der Waals surface area contributed by atoms with E-state index >= 15 is 0 Å². The molecule has 2 aliphatic heterocycles. The minimum atomic E-state index is -0.246. The van der Waals surface area contributed by atoms with Crippen molar-refractivity contribution < 1.29 is 4.74 Å². The van der Waals surface area contributed by atoms with Crippen molar-refractivity contribution in [2.24, 2.45) is 10.7 Å². The second kappa shape index (κ2) is 5.17. The lowest BCUT2D eigenvalue weighted by Crippen LogP contribution is -2.41. The van der Waals surface area contributed by atoms with Crippen LogP contribution in [0.3, 0.4) is 0 Å². The average Bonchev–Trinajstić information content (AvgIpc) is 2.26. The highest BCUT2D eigenvalue weighted by Gasteiger charge is 2.28. The lowest BCUT2D eigenvalue weighted by molar-refractivity contribution is -0.0201. The SMILES string of the molecule is CN1CCC(OC2C(N)=CN=CC2Cl)CC1. The summed E-state index contributed by atoms with van der Waals surface area (Å²) in [6.45, 7) is 2.14. The Morgan fingerprint density at radius 2 is 2.19 bits per heavy atom. The minimum absolute atomic E-state index is 0.215. The summed E-state index contributed by atoms with van der Waals surface area (Å²) in [4.78, 5) is 6.27. The molecule has 2 atom stereocenters. The molecule has 0 aliphatic carbocycles. The van der Waals surface area contributed by atoms with Gasteiger partial charge in [-0.2, -0.15) is 0 Å². The number of hydrogen-bond donors (Lipinski definition) is 1. The molecule has 2 N–H and O–H groups in total. The van der Waals surface area contributed by atoms with Gasteiger partial charge in [0.25, 0.3) is 0 Å². The fourth-order valence-electron chi connectivity index (χ4n) is 2.03. The minimum Gasteiger partial charge on any atom is -0.399 e. The molecule has 16 heavy (non-hydrogen) atoms. The molecule has 2 aliphatic rings. The van der Waals surface area contributed by atoms with Crippen LogP contribution >= 0.6 is 11.6 Å². The maximum atomic E-state index is 6.12. The zero-order valence-corrected chi connectivity index (χ0v) is 10.2. The third-order valence-electron chi connectivity index (χ3n) is 3.07. The first-order chi connectivity index (χ1) is 7.66. The second-order valence-corrected chi connectivity index (χ2v) is 4.93. The van der Waals surface area contributed by atoms with E-state index in [0.29, 0.717) is 5.70 Å². The number of piperidine rings is 1. The fourth-order valence-corrected chi connectivity index (χ4v) is 2.30. The number of alkyl halides is 1. The Balaban J connectivity index is 1.89. The molecule has 4 nitrogen and oxygen atoms in total. The van der Waals surface area contributed by atoms with Crippen LogP contribution in [0.4, 0.5) is 0 Å². The first-order valence-corrected chi connectivity index (χ1v) is 6.07. The van der Waals surface area contributed by atoms with Crippen molar-refractivity contribution in [3.05, 3.63) is 11.9 Å². The Morgan fingerprint density at radius 3 is 2.81 bits per heavy atom. The van der Waals surface area contributed by atoms with E-state index in [1.54, 1.807) is 12.4 Å². The van der Waals surface area contributed by atoms with Gasteiger partial charge in [0.1, 0.15) is 11.5 Å². The molecule has 0 aromatic carbocycles. The summed E-state index contributed by atoms with van der Waals surface area (Å²) in [5.74, 6) is 0. The molecule has 1 fully saturated rings. The van der Waals surface area contributed by atoms with E-state index < -0.39 is 0 Å². The Kier molecular flexibility index (Phi) is 3.84. The Labute approximate surface area is 101 Å². The molecule has 0 spiro atoms. The monoisotopic (exact) mass is 243 g/mol. The summed E-state index contributed by atoms with van der Waals surface area (Å²) in [6, 6.07) is 0. The van der Waals surface area contributed by atoms with Gasteiger partial charge in [0, 0.05) is 25.5 Å². The van der Waals surface area contributed by atoms with E-state index in [0.717, 1.165) is 25.9 Å². The van der Waals surface area contributed by atoms with Gasteiger partial charge in [0.15, 0.2) is 0 Å².